The Balaban J connectivity index is 2.43. The third-order valence-corrected chi connectivity index (χ3v) is 5.39. The first-order chi connectivity index (χ1) is 7.26. The van der Waals surface area contributed by atoms with E-state index in [2.05, 4.69) is 4.90 Å². The fourth-order valence-electron chi connectivity index (χ4n) is 1.59. The van der Waals surface area contributed by atoms with Gasteiger partial charge in [-0.3, -0.25) is 0 Å². The predicted molar refractivity (Wildman–Crippen MR) is 61.9 cm³/mol. The monoisotopic (exact) mass is 233 g/mol. The zero-order valence-electron chi connectivity index (χ0n) is 10.1. The van der Waals surface area contributed by atoms with Crippen LogP contribution in [0.3, 0.4) is 0 Å². The van der Waals surface area contributed by atoms with Gasteiger partial charge < -0.3 is 18.2 Å². The molecule has 0 aromatic rings. The average molecular weight is 233 g/mol. The van der Waals surface area contributed by atoms with Gasteiger partial charge in [-0.25, -0.2) is 0 Å². The maximum absolute atomic E-state index is 5.76. The van der Waals surface area contributed by atoms with Crippen molar-refractivity contribution in [3.05, 3.63) is 0 Å². The van der Waals surface area contributed by atoms with Gasteiger partial charge in [-0.05, 0) is 20.8 Å². The zero-order valence-corrected chi connectivity index (χ0v) is 11.1. The molecule has 15 heavy (non-hydrogen) atoms. The maximum atomic E-state index is 5.76. The van der Waals surface area contributed by atoms with E-state index in [0.717, 1.165) is 12.6 Å². The fraction of sp³-hybridized carbons (Fsp3) is 1.00. The molecule has 0 saturated carbocycles. The van der Waals surface area contributed by atoms with Crippen LogP contribution in [-0.4, -0.2) is 53.2 Å². The lowest BCUT2D eigenvalue weighted by atomic mass is 10.8. The van der Waals surface area contributed by atoms with E-state index in [9.17, 15) is 0 Å². The summed E-state index contributed by atoms with van der Waals surface area (Å²) in [6.07, 6.45) is 0. The Bertz CT molecular complexity index is 159. The van der Waals surface area contributed by atoms with Crippen molar-refractivity contribution in [3.8, 4) is 0 Å². The summed E-state index contributed by atoms with van der Waals surface area (Å²) >= 11 is 0. The molecule has 0 N–H and O–H groups in total. The van der Waals surface area contributed by atoms with Gasteiger partial charge in [-0.15, -0.1) is 0 Å². The molecular formula is C10H23NO3Si. The summed E-state index contributed by atoms with van der Waals surface area (Å²) < 4.78 is 17.3. The molecule has 1 fully saturated rings. The third kappa shape index (κ3) is 4.61. The molecule has 0 unspecified atom stereocenters. The van der Waals surface area contributed by atoms with Gasteiger partial charge in [0.2, 0.25) is 0 Å². The van der Waals surface area contributed by atoms with Crippen LogP contribution in [0.4, 0.5) is 0 Å². The fourth-order valence-corrected chi connectivity index (χ4v) is 4.18. The van der Waals surface area contributed by atoms with Gasteiger partial charge in [0.15, 0.2) is 0 Å². The standard InChI is InChI=1S/C10H23NO3Si/c1-4-12-15(13-5-2,14-6-3)10-9-11-7-8-11/h4-10H2,1-3H3. The first kappa shape index (κ1) is 13.1. The van der Waals surface area contributed by atoms with Gasteiger partial charge in [0, 0.05) is 45.5 Å². The molecular weight excluding hydrogens is 210 g/mol. The molecule has 0 bridgehead atoms. The van der Waals surface area contributed by atoms with E-state index < -0.39 is 8.80 Å². The molecule has 90 valence electrons. The van der Waals surface area contributed by atoms with Crippen molar-refractivity contribution in [1.29, 1.82) is 0 Å². The van der Waals surface area contributed by atoms with Crippen LogP contribution in [-0.2, 0) is 13.3 Å². The molecule has 1 saturated heterocycles. The second-order valence-corrected chi connectivity index (χ2v) is 6.31. The second kappa shape index (κ2) is 6.60. The van der Waals surface area contributed by atoms with Crippen molar-refractivity contribution in [2.75, 3.05) is 39.5 Å². The summed E-state index contributed by atoms with van der Waals surface area (Å²) in [5, 5.41) is 0. The van der Waals surface area contributed by atoms with Gasteiger partial charge in [0.25, 0.3) is 0 Å². The van der Waals surface area contributed by atoms with Crippen LogP contribution in [0.5, 0.6) is 0 Å². The Morgan fingerprint density at radius 1 is 0.933 bits per heavy atom. The smallest absolute Gasteiger partial charge is 0.374 e. The van der Waals surface area contributed by atoms with Crippen molar-refractivity contribution >= 4 is 8.80 Å². The molecule has 0 aliphatic carbocycles. The Kier molecular flexibility index (Phi) is 5.77. The highest BCUT2D eigenvalue weighted by atomic mass is 28.4. The van der Waals surface area contributed by atoms with Crippen LogP contribution in [0.1, 0.15) is 20.8 Å². The molecule has 0 radical (unpaired) electrons. The molecule has 5 heteroatoms. The molecule has 0 spiro atoms. The lowest BCUT2D eigenvalue weighted by molar-refractivity contribution is 0.0704. The first-order valence-corrected chi connectivity index (χ1v) is 7.83. The van der Waals surface area contributed by atoms with Crippen molar-refractivity contribution < 1.29 is 13.3 Å². The van der Waals surface area contributed by atoms with E-state index in [0.29, 0.717) is 19.8 Å². The van der Waals surface area contributed by atoms with E-state index in [4.69, 9.17) is 13.3 Å². The zero-order chi connectivity index (χ0) is 11.1. The van der Waals surface area contributed by atoms with E-state index in [1.165, 1.54) is 13.1 Å². The number of rotatable bonds is 9. The minimum absolute atomic E-state index is 0.673. The normalized spacial score (nSPS) is 17.0. The number of hydrogen-bond acceptors (Lipinski definition) is 4. The van der Waals surface area contributed by atoms with Crippen molar-refractivity contribution in [1.82, 2.24) is 4.90 Å². The highest BCUT2D eigenvalue weighted by Crippen LogP contribution is 2.18. The highest BCUT2D eigenvalue weighted by molar-refractivity contribution is 6.60. The van der Waals surface area contributed by atoms with Crippen LogP contribution in [0.2, 0.25) is 6.04 Å². The summed E-state index contributed by atoms with van der Waals surface area (Å²) in [5.74, 6) is 0. The van der Waals surface area contributed by atoms with Crippen molar-refractivity contribution in [2.24, 2.45) is 0 Å². The molecule has 4 nitrogen and oxygen atoms in total. The molecule has 1 aliphatic heterocycles. The van der Waals surface area contributed by atoms with Gasteiger partial charge in [-0.1, -0.05) is 0 Å². The molecule has 0 amide bonds. The van der Waals surface area contributed by atoms with Crippen LogP contribution < -0.4 is 0 Å². The van der Waals surface area contributed by atoms with E-state index in [1.807, 2.05) is 20.8 Å². The minimum atomic E-state index is -2.36. The van der Waals surface area contributed by atoms with E-state index in [-0.39, 0.29) is 0 Å². The number of nitrogens with zero attached hydrogens (tertiary/aromatic N) is 1. The van der Waals surface area contributed by atoms with Crippen LogP contribution in [0, 0.1) is 0 Å². The van der Waals surface area contributed by atoms with Crippen molar-refractivity contribution in [3.63, 3.8) is 0 Å². The lowest BCUT2D eigenvalue weighted by Gasteiger charge is -2.28. The van der Waals surface area contributed by atoms with E-state index in [1.54, 1.807) is 0 Å². The third-order valence-electron chi connectivity index (χ3n) is 2.37. The Morgan fingerprint density at radius 3 is 1.73 bits per heavy atom. The Labute approximate surface area is 93.9 Å². The molecule has 0 aromatic heterocycles. The summed E-state index contributed by atoms with van der Waals surface area (Å²) in [7, 11) is -2.36. The molecule has 1 heterocycles. The average Bonchev–Trinajstić information content (AvgIpc) is 2.99. The van der Waals surface area contributed by atoms with Gasteiger partial charge in [-0.2, -0.15) is 0 Å². The van der Waals surface area contributed by atoms with Gasteiger partial charge >= 0.3 is 8.80 Å². The summed E-state index contributed by atoms with van der Waals surface area (Å²) in [4.78, 5) is 2.37. The minimum Gasteiger partial charge on any atom is -0.374 e. The summed E-state index contributed by atoms with van der Waals surface area (Å²) in [6, 6.07) is 0.919. The molecule has 1 aliphatic rings. The quantitative estimate of drug-likeness (QED) is 0.444. The van der Waals surface area contributed by atoms with Crippen LogP contribution in [0.15, 0.2) is 0 Å². The Hall–Kier alpha value is 0.0569. The number of hydrogen-bond donors (Lipinski definition) is 0. The lowest BCUT2D eigenvalue weighted by Crippen LogP contribution is -2.47. The molecule has 1 rings (SSSR count). The largest absolute Gasteiger partial charge is 0.502 e. The van der Waals surface area contributed by atoms with Crippen LogP contribution >= 0.6 is 0 Å². The molecule has 0 atom stereocenters. The summed E-state index contributed by atoms with van der Waals surface area (Å²) in [5.41, 5.74) is 0. The molecule has 0 aromatic carbocycles. The maximum Gasteiger partial charge on any atom is 0.502 e. The first-order valence-electron chi connectivity index (χ1n) is 5.90. The summed E-state index contributed by atoms with van der Waals surface area (Å²) in [6.45, 7) is 11.5. The van der Waals surface area contributed by atoms with Gasteiger partial charge in [0.05, 0.1) is 0 Å². The van der Waals surface area contributed by atoms with Crippen molar-refractivity contribution in [2.45, 2.75) is 26.8 Å². The second-order valence-electron chi connectivity index (χ2n) is 3.57. The van der Waals surface area contributed by atoms with Crippen LogP contribution in [0.25, 0.3) is 0 Å². The topological polar surface area (TPSA) is 30.7 Å². The van der Waals surface area contributed by atoms with Gasteiger partial charge in [0.1, 0.15) is 0 Å². The highest BCUT2D eigenvalue weighted by Gasteiger charge is 2.41. The predicted octanol–water partition coefficient (Wildman–Crippen LogP) is 1.35. The van der Waals surface area contributed by atoms with E-state index >= 15 is 0 Å². The SMILES string of the molecule is CCO[Si](CCN1CC1)(OCC)OCC. The Morgan fingerprint density at radius 2 is 1.40 bits per heavy atom.